The number of aryl methyl sites for hydroxylation is 1. The highest BCUT2D eigenvalue weighted by Gasteiger charge is 2.11. The van der Waals surface area contributed by atoms with Gasteiger partial charge in [-0.2, -0.15) is 9.78 Å². The van der Waals surface area contributed by atoms with Crippen molar-refractivity contribution in [3.63, 3.8) is 0 Å². The van der Waals surface area contributed by atoms with Gasteiger partial charge in [-0.3, -0.25) is 9.59 Å². The van der Waals surface area contributed by atoms with Gasteiger partial charge < -0.3 is 10.1 Å². The molecule has 178 valence electrons. The van der Waals surface area contributed by atoms with E-state index in [1.807, 2.05) is 13.0 Å². The minimum absolute atomic E-state index is 0.271. The van der Waals surface area contributed by atoms with Gasteiger partial charge in [0, 0.05) is 16.6 Å². The third kappa shape index (κ3) is 5.93. The second-order valence-electron chi connectivity index (χ2n) is 7.44. The maximum Gasteiger partial charge on any atom is 0.282 e. The molecule has 35 heavy (non-hydrogen) atoms. The first-order valence-corrected chi connectivity index (χ1v) is 11.7. The zero-order chi connectivity index (χ0) is 24.9. The van der Waals surface area contributed by atoms with E-state index in [4.69, 9.17) is 16.3 Å². The second kappa shape index (κ2) is 10.8. The van der Waals surface area contributed by atoms with Crippen molar-refractivity contribution in [2.24, 2.45) is 5.10 Å². The third-order valence-corrected chi connectivity index (χ3v) is 5.75. The fourth-order valence-corrected chi connectivity index (χ4v) is 3.86. The summed E-state index contributed by atoms with van der Waals surface area (Å²) in [5.41, 5.74) is 1.41. The molecule has 0 aliphatic carbocycles. The number of benzene rings is 3. The van der Waals surface area contributed by atoms with Gasteiger partial charge in [-0.25, -0.2) is 9.37 Å². The molecule has 0 radical (unpaired) electrons. The van der Waals surface area contributed by atoms with E-state index in [9.17, 15) is 14.0 Å². The fraction of sp³-hybridized carbons (Fsp3) is 0.120. The number of hydrogen-bond donors (Lipinski definition) is 1. The Morgan fingerprint density at radius 2 is 1.97 bits per heavy atom. The quantitative estimate of drug-likeness (QED) is 0.308. The van der Waals surface area contributed by atoms with Crippen LogP contribution in [0, 0.1) is 5.82 Å². The minimum atomic E-state index is -0.416. The third-order valence-electron chi connectivity index (χ3n) is 4.96. The van der Waals surface area contributed by atoms with Crippen molar-refractivity contribution in [1.29, 1.82) is 0 Å². The summed E-state index contributed by atoms with van der Waals surface area (Å²) < 4.78 is 20.5. The van der Waals surface area contributed by atoms with Gasteiger partial charge in [0.1, 0.15) is 17.4 Å². The van der Waals surface area contributed by atoms with Crippen LogP contribution in [-0.4, -0.2) is 28.4 Å². The van der Waals surface area contributed by atoms with E-state index < -0.39 is 11.7 Å². The normalized spacial score (nSPS) is 11.2. The lowest BCUT2D eigenvalue weighted by Crippen LogP contribution is -2.22. The first-order chi connectivity index (χ1) is 16.8. The van der Waals surface area contributed by atoms with Gasteiger partial charge in [-0.15, -0.1) is 0 Å². The van der Waals surface area contributed by atoms with Crippen molar-refractivity contribution in [3.05, 3.63) is 97.7 Å². The van der Waals surface area contributed by atoms with E-state index in [0.717, 1.165) is 4.47 Å². The summed E-state index contributed by atoms with van der Waals surface area (Å²) in [6, 6.07) is 15.6. The number of ether oxygens (including phenoxy) is 1. The number of aromatic nitrogens is 2. The minimum Gasteiger partial charge on any atom is -0.482 e. The number of carbonyl (C=O) groups excluding carboxylic acids is 1. The summed E-state index contributed by atoms with van der Waals surface area (Å²) in [6.45, 7) is 1.62. The molecule has 1 N–H and O–H groups in total. The number of hydrogen-bond acceptors (Lipinski definition) is 5. The van der Waals surface area contributed by atoms with E-state index in [-0.39, 0.29) is 17.2 Å². The summed E-state index contributed by atoms with van der Waals surface area (Å²) >= 11 is 9.69. The molecule has 3 aromatic carbocycles. The number of fused-ring (bicyclic) bond motifs is 1. The molecule has 10 heteroatoms. The van der Waals surface area contributed by atoms with E-state index >= 15 is 0 Å². The van der Waals surface area contributed by atoms with Crippen molar-refractivity contribution in [3.8, 4) is 5.75 Å². The molecule has 0 saturated heterocycles. The zero-order valence-electron chi connectivity index (χ0n) is 18.5. The number of amides is 1. The maximum atomic E-state index is 13.0. The zero-order valence-corrected chi connectivity index (χ0v) is 20.8. The lowest BCUT2D eigenvalue weighted by Gasteiger charge is -2.10. The van der Waals surface area contributed by atoms with E-state index in [1.54, 1.807) is 30.3 Å². The summed E-state index contributed by atoms with van der Waals surface area (Å²) in [6.07, 6.45) is 2.02. The molecule has 0 bridgehead atoms. The van der Waals surface area contributed by atoms with Crippen LogP contribution in [-0.2, 0) is 11.2 Å². The second-order valence-corrected chi connectivity index (χ2v) is 8.76. The van der Waals surface area contributed by atoms with Gasteiger partial charge >= 0.3 is 0 Å². The molecule has 1 aromatic heterocycles. The highest BCUT2D eigenvalue weighted by molar-refractivity contribution is 9.10. The molecular weight excluding hydrogens is 539 g/mol. The molecule has 0 fully saturated rings. The molecule has 0 aliphatic rings. The Kier molecular flexibility index (Phi) is 7.57. The van der Waals surface area contributed by atoms with Gasteiger partial charge in [0.25, 0.3) is 11.5 Å². The monoisotopic (exact) mass is 556 g/mol. The van der Waals surface area contributed by atoms with Gasteiger partial charge in [-0.05, 0) is 66.2 Å². The average molecular weight is 558 g/mol. The topological polar surface area (TPSA) is 85.6 Å². The van der Waals surface area contributed by atoms with Gasteiger partial charge in [-0.1, -0.05) is 34.5 Å². The summed E-state index contributed by atoms with van der Waals surface area (Å²) in [5, 5.41) is 7.66. The standard InChI is InChI=1S/C25H19BrClFN4O3/c1-2-23-31-21-9-4-16(26)12-19(21)25(34)32(23)29-13-15-3-10-22(20(27)11-15)35-14-24(33)30-18-7-5-17(28)6-8-18/h3-13H,2,14H2,1H3,(H,30,33). The van der Waals surface area contributed by atoms with Crippen LogP contribution in [0.1, 0.15) is 18.3 Å². The van der Waals surface area contributed by atoms with Crippen LogP contribution in [0.2, 0.25) is 5.02 Å². The Bertz CT molecular complexity index is 1490. The molecule has 0 saturated carbocycles. The molecule has 0 spiro atoms. The molecule has 0 unspecified atom stereocenters. The van der Waals surface area contributed by atoms with Crippen molar-refractivity contribution in [2.45, 2.75) is 13.3 Å². The van der Waals surface area contributed by atoms with Crippen LogP contribution in [0.25, 0.3) is 10.9 Å². The highest BCUT2D eigenvalue weighted by Crippen LogP contribution is 2.25. The lowest BCUT2D eigenvalue weighted by atomic mass is 10.2. The van der Waals surface area contributed by atoms with Crippen molar-refractivity contribution >= 4 is 56.2 Å². The van der Waals surface area contributed by atoms with Gasteiger partial charge in [0.15, 0.2) is 6.61 Å². The van der Waals surface area contributed by atoms with Crippen molar-refractivity contribution in [2.75, 3.05) is 11.9 Å². The van der Waals surface area contributed by atoms with Crippen LogP contribution < -0.4 is 15.6 Å². The fourth-order valence-electron chi connectivity index (χ4n) is 3.26. The molecule has 1 heterocycles. The predicted molar refractivity (Wildman–Crippen MR) is 138 cm³/mol. The van der Waals surface area contributed by atoms with Crippen LogP contribution in [0.3, 0.4) is 0 Å². The van der Waals surface area contributed by atoms with Crippen molar-refractivity contribution < 1.29 is 13.9 Å². The number of rotatable bonds is 7. The van der Waals surface area contributed by atoms with Crippen LogP contribution in [0.4, 0.5) is 10.1 Å². The van der Waals surface area contributed by atoms with Gasteiger partial charge in [0.05, 0.1) is 22.1 Å². The molecule has 4 rings (SSSR count). The van der Waals surface area contributed by atoms with E-state index in [0.29, 0.717) is 40.1 Å². The molecular formula is C25H19BrClFN4O3. The molecule has 4 aromatic rings. The first-order valence-electron chi connectivity index (χ1n) is 10.6. The molecule has 0 aliphatic heterocycles. The number of carbonyl (C=O) groups is 1. The van der Waals surface area contributed by atoms with Crippen LogP contribution in [0.15, 0.2) is 75.0 Å². The summed E-state index contributed by atoms with van der Waals surface area (Å²) in [7, 11) is 0. The van der Waals surface area contributed by atoms with Gasteiger partial charge in [0.2, 0.25) is 0 Å². The SMILES string of the molecule is CCc1nc2ccc(Br)cc2c(=O)n1N=Cc1ccc(OCC(=O)Nc2ccc(F)cc2)c(Cl)c1. The average Bonchev–Trinajstić information content (AvgIpc) is 2.84. The van der Waals surface area contributed by atoms with Crippen LogP contribution in [0.5, 0.6) is 5.75 Å². The Morgan fingerprint density at radius 3 is 2.69 bits per heavy atom. The largest absolute Gasteiger partial charge is 0.482 e. The number of halogens is 3. The Labute approximate surface area is 213 Å². The maximum absolute atomic E-state index is 13.0. The Balaban J connectivity index is 1.48. The number of nitrogens with zero attached hydrogens (tertiary/aromatic N) is 3. The Hall–Kier alpha value is -3.56. The number of nitrogens with one attached hydrogen (secondary N) is 1. The van der Waals surface area contributed by atoms with E-state index in [1.165, 1.54) is 35.2 Å². The first kappa shape index (κ1) is 24.6. The molecule has 7 nitrogen and oxygen atoms in total. The van der Waals surface area contributed by atoms with Crippen molar-refractivity contribution in [1.82, 2.24) is 9.66 Å². The lowest BCUT2D eigenvalue weighted by molar-refractivity contribution is -0.118. The molecule has 1 amide bonds. The smallest absolute Gasteiger partial charge is 0.282 e. The summed E-state index contributed by atoms with van der Waals surface area (Å²) in [5.74, 6) is 0.0247. The summed E-state index contributed by atoms with van der Waals surface area (Å²) in [4.78, 5) is 29.6. The number of anilines is 1. The predicted octanol–water partition coefficient (Wildman–Crippen LogP) is 5.41. The van der Waals surface area contributed by atoms with Crippen LogP contribution >= 0.6 is 27.5 Å². The van der Waals surface area contributed by atoms with E-state index in [2.05, 4.69) is 31.3 Å². The highest BCUT2D eigenvalue weighted by atomic mass is 79.9. The molecule has 0 atom stereocenters. The Morgan fingerprint density at radius 1 is 1.20 bits per heavy atom.